The fourth-order valence-electron chi connectivity index (χ4n) is 2.44. The SMILES string of the molecule is CC(C)(C)c1cc(CCCOP(=O)(O)O)cc(C(C)(C)C)c1O. The quantitative estimate of drug-likeness (QED) is 0.554. The minimum Gasteiger partial charge on any atom is -0.507 e. The van der Waals surface area contributed by atoms with Crippen LogP contribution in [0.15, 0.2) is 12.1 Å². The topological polar surface area (TPSA) is 87.0 Å². The molecular weight excluding hydrogens is 315 g/mol. The first-order valence-corrected chi connectivity index (χ1v) is 9.32. The molecule has 132 valence electrons. The number of phosphoric ester groups is 1. The van der Waals surface area contributed by atoms with Crippen LogP contribution in [-0.2, 0) is 26.3 Å². The number of hydrogen-bond acceptors (Lipinski definition) is 3. The summed E-state index contributed by atoms with van der Waals surface area (Å²) in [6.45, 7) is 12.3. The van der Waals surface area contributed by atoms with E-state index >= 15 is 0 Å². The average Bonchev–Trinajstić information content (AvgIpc) is 2.32. The Kier molecular flexibility index (Phi) is 6.09. The first-order chi connectivity index (χ1) is 10.2. The number of phosphoric acid groups is 1. The predicted molar refractivity (Wildman–Crippen MR) is 91.8 cm³/mol. The van der Waals surface area contributed by atoms with Gasteiger partial charge in [-0.15, -0.1) is 0 Å². The van der Waals surface area contributed by atoms with Gasteiger partial charge in [0.2, 0.25) is 0 Å². The number of aromatic hydroxyl groups is 1. The van der Waals surface area contributed by atoms with Crippen molar-refractivity contribution in [3.63, 3.8) is 0 Å². The smallest absolute Gasteiger partial charge is 0.469 e. The van der Waals surface area contributed by atoms with Gasteiger partial charge in [-0.25, -0.2) is 4.57 Å². The van der Waals surface area contributed by atoms with Crippen molar-refractivity contribution in [2.24, 2.45) is 0 Å². The molecule has 0 atom stereocenters. The molecule has 0 saturated carbocycles. The summed E-state index contributed by atoms with van der Waals surface area (Å²) in [7, 11) is -4.41. The van der Waals surface area contributed by atoms with Crippen molar-refractivity contribution >= 4 is 7.82 Å². The van der Waals surface area contributed by atoms with Crippen LogP contribution >= 0.6 is 7.82 Å². The normalized spacial score (nSPS) is 13.4. The van der Waals surface area contributed by atoms with Gasteiger partial charge in [-0.1, -0.05) is 53.7 Å². The molecule has 0 heterocycles. The summed E-state index contributed by atoms with van der Waals surface area (Å²) < 4.78 is 15.2. The van der Waals surface area contributed by atoms with E-state index in [1.54, 1.807) is 0 Å². The molecule has 0 saturated heterocycles. The zero-order valence-corrected chi connectivity index (χ0v) is 15.8. The molecule has 1 aromatic carbocycles. The molecule has 0 aliphatic heterocycles. The standard InChI is InChI=1S/C17H29O5P/c1-16(2,3)13-10-12(8-7-9-22-23(19,20)21)11-14(15(13)18)17(4,5)6/h10-11,18H,7-9H2,1-6H3,(H2,19,20,21). The Morgan fingerprint density at radius 1 is 1.00 bits per heavy atom. The van der Waals surface area contributed by atoms with Crippen molar-refractivity contribution in [3.8, 4) is 5.75 Å². The lowest BCUT2D eigenvalue weighted by molar-refractivity contribution is 0.195. The monoisotopic (exact) mass is 344 g/mol. The van der Waals surface area contributed by atoms with E-state index in [1.165, 1.54) is 0 Å². The number of phenols is 1. The Morgan fingerprint density at radius 2 is 1.43 bits per heavy atom. The minimum atomic E-state index is -4.41. The molecule has 1 aromatic rings. The van der Waals surface area contributed by atoms with Crippen molar-refractivity contribution < 1.29 is 24.0 Å². The number of benzene rings is 1. The van der Waals surface area contributed by atoms with E-state index in [1.807, 2.05) is 12.1 Å². The lowest BCUT2D eigenvalue weighted by Gasteiger charge is -2.28. The molecule has 0 fully saturated rings. The molecule has 23 heavy (non-hydrogen) atoms. The van der Waals surface area contributed by atoms with E-state index in [-0.39, 0.29) is 17.4 Å². The molecule has 1 rings (SSSR count). The third-order valence-electron chi connectivity index (χ3n) is 3.65. The van der Waals surface area contributed by atoms with Gasteiger partial charge in [0.25, 0.3) is 0 Å². The largest absolute Gasteiger partial charge is 0.507 e. The van der Waals surface area contributed by atoms with Gasteiger partial charge in [-0.05, 0) is 40.4 Å². The van der Waals surface area contributed by atoms with Gasteiger partial charge in [0, 0.05) is 0 Å². The fourth-order valence-corrected chi connectivity index (χ4v) is 2.81. The highest BCUT2D eigenvalue weighted by Gasteiger charge is 2.26. The van der Waals surface area contributed by atoms with Crippen LogP contribution in [0.5, 0.6) is 5.75 Å². The molecular formula is C17H29O5P. The lowest BCUT2D eigenvalue weighted by atomic mass is 9.78. The number of rotatable bonds is 5. The molecule has 0 aliphatic rings. The summed E-state index contributed by atoms with van der Waals surface area (Å²) in [4.78, 5) is 17.4. The van der Waals surface area contributed by atoms with E-state index in [4.69, 9.17) is 9.79 Å². The Hall–Kier alpha value is -0.870. The van der Waals surface area contributed by atoms with E-state index in [2.05, 4.69) is 46.1 Å². The van der Waals surface area contributed by atoms with Crippen LogP contribution in [0.1, 0.15) is 64.7 Å². The highest BCUT2D eigenvalue weighted by molar-refractivity contribution is 7.46. The first-order valence-electron chi connectivity index (χ1n) is 7.79. The van der Waals surface area contributed by atoms with Gasteiger partial charge >= 0.3 is 7.82 Å². The second-order valence-electron chi connectivity index (χ2n) is 7.97. The van der Waals surface area contributed by atoms with Crippen LogP contribution in [0.3, 0.4) is 0 Å². The highest BCUT2D eigenvalue weighted by atomic mass is 31.2. The molecule has 0 spiro atoms. The summed E-state index contributed by atoms with van der Waals surface area (Å²) in [6, 6.07) is 3.95. The van der Waals surface area contributed by atoms with Crippen LogP contribution in [0, 0.1) is 0 Å². The maximum Gasteiger partial charge on any atom is 0.469 e. The minimum absolute atomic E-state index is 0.000850. The van der Waals surface area contributed by atoms with Gasteiger partial charge in [-0.2, -0.15) is 0 Å². The zero-order chi connectivity index (χ0) is 18.1. The summed E-state index contributed by atoms with van der Waals surface area (Å²) >= 11 is 0. The first kappa shape index (κ1) is 20.2. The lowest BCUT2D eigenvalue weighted by Crippen LogP contribution is -2.18. The third kappa shape index (κ3) is 6.27. The van der Waals surface area contributed by atoms with E-state index < -0.39 is 7.82 Å². The summed E-state index contributed by atoms with van der Waals surface area (Å²) in [5.74, 6) is 0.334. The van der Waals surface area contributed by atoms with Crippen molar-refractivity contribution in [1.82, 2.24) is 0 Å². The van der Waals surface area contributed by atoms with Gasteiger partial charge < -0.3 is 14.9 Å². The van der Waals surface area contributed by atoms with Gasteiger partial charge in [-0.3, -0.25) is 4.52 Å². The molecule has 5 nitrogen and oxygen atoms in total. The number of aryl methyl sites for hydroxylation is 1. The molecule has 0 bridgehead atoms. The number of hydrogen-bond donors (Lipinski definition) is 3. The second kappa shape index (κ2) is 6.94. The molecule has 3 N–H and O–H groups in total. The second-order valence-corrected chi connectivity index (χ2v) is 9.21. The summed E-state index contributed by atoms with van der Waals surface area (Å²) in [5.41, 5.74) is 2.42. The molecule has 0 amide bonds. The van der Waals surface area contributed by atoms with Crippen molar-refractivity contribution in [2.45, 2.75) is 65.2 Å². The molecule has 0 unspecified atom stereocenters. The molecule has 6 heteroatoms. The molecule has 0 aliphatic carbocycles. The summed E-state index contributed by atoms with van der Waals surface area (Å²) in [6.07, 6.45) is 1.13. The van der Waals surface area contributed by atoms with Crippen LogP contribution in [-0.4, -0.2) is 21.5 Å². The Balaban J connectivity index is 3.07. The van der Waals surface area contributed by atoms with Gasteiger partial charge in [0.1, 0.15) is 5.75 Å². The fraction of sp³-hybridized carbons (Fsp3) is 0.647. The van der Waals surface area contributed by atoms with E-state index in [0.717, 1.165) is 16.7 Å². The summed E-state index contributed by atoms with van der Waals surface area (Å²) in [5, 5.41) is 10.6. The maximum atomic E-state index is 10.7. The maximum absolute atomic E-state index is 10.7. The van der Waals surface area contributed by atoms with E-state index in [0.29, 0.717) is 18.6 Å². The van der Waals surface area contributed by atoms with Crippen LogP contribution < -0.4 is 0 Å². The Morgan fingerprint density at radius 3 is 1.78 bits per heavy atom. The molecule has 0 radical (unpaired) electrons. The Bertz CT molecular complexity index is 555. The van der Waals surface area contributed by atoms with Crippen molar-refractivity contribution in [3.05, 3.63) is 28.8 Å². The van der Waals surface area contributed by atoms with Crippen molar-refractivity contribution in [1.29, 1.82) is 0 Å². The van der Waals surface area contributed by atoms with Crippen molar-refractivity contribution in [2.75, 3.05) is 6.61 Å². The van der Waals surface area contributed by atoms with Crippen LogP contribution in [0.2, 0.25) is 0 Å². The third-order valence-corrected chi connectivity index (χ3v) is 4.17. The Labute approximate surface area is 138 Å². The predicted octanol–water partition coefficient (Wildman–Crippen LogP) is 4.03. The van der Waals surface area contributed by atoms with E-state index in [9.17, 15) is 9.67 Å². The van der Waals surface area contributed by atoms with Crippen LogP contribution in [0.4, 0.5) is 0 Å². The zero-order valence-electron chi connectivity index (χ0n) is 14.9. The van der Waals surface area contributed by atoms with Gasteiger partial charge in [0.15, 0.2) is 0 Å². The van der Waals surface area contributed by atoms with Gasteiger partial charge in [0.05, 0.1) is 6.61 Å². The number of phenolic OH excluding ortho intramolecular Hbond substituents is 1. The molecule has 0 aromatic heterocycles. The average molecular weight is 344 g/mol. The van der Waals surface area contributed by atoms with Crippen LogP contribution in [0.25, 0.3) is 0 Å². The highest BCUT2D eigenvalue weighted by Crippen LogP contribution is 2.40.